The third-order valence-electron chi connectivity index (χ3n) is 6.41. The first kappa shape index (κ1) is 28.1. The molecule has 2 bridgehead atoms. The quantitative estimate of drug-likeness (QED) is 0.238. The molecular formula is C22H19F9O4S. The van der Waals surface area contributed by atoms with Gasteiger partial charge in [-0.25, -0.2) is 8.42 Å². The number of rotatable bonds is 8. The van der Waals surface area contributed by atoms with Crippen LogP contribution in [0.25, 0.3) is 6.08 Å². The summed E-state index contributed by atoms with van der Waals surface area (Å²) in [6, 6.07) is 7.68. The molecule has 0 amide bonds. The van der Waals surface area contributed by atoms with Crippen LogP contribution in [-0.2, 0) is 19.4 Å². The zero-order chi connectivity index (χ0) is 27.4. The summed E-state index contributed by atoms with van der Waals surface area (Å²) in [4.78, 5) is 13.0. The maximum absolute atomic E-state index is 15.0. The number of sulfone groups is 1. The van der Waals surface area contributed by atoms with E-state index in [1.165, 1.54) is 24.3 Å². The molecule has 1 aromatic carbocycles. The maximum atomic E-state index is 15.0. The van der Waals surface area contributed by atoms with Crippen LogP contribution in [0.3, 0.4) is 0 Å². The summed E-state index contributed by atoms with van der Waals surface area (Å²) in [5, 5.41) is -7.02. The van der Waals surface area contributed by atoms with Crippen LogP contribution in [0.1, 0.15) is 18.9 Å². The van der Waals surface area contributed by atoms with Gasteiger partial charge in [0.05, 0.1) is 6.61 Å². The van der Waals surface area contributed by atoms with Crippen molar-refractivity contribution in [2.75, 3.05) is 6.61 Å². The van der Waals surface area contributed by atoms with Gasteiger partial charge >= 0.3 is 29.2 Å². The third-order valence-corrected chi connectivity index (χ3v) is 8.97. The van der Waals surface area contributed by atoms with E-state index in [1.54, 1.807) is 18.2 Å². The highest BCUT2D eigenvalue weighted by atomic mass is 32.2. The molecule has 1 aromatic rings. The van der Waals surface area contributed by atoms with E-state index in [2.05, 4.69) is 4.74 Å². The van der Waals surface area contributed by atoms with Crippen molar-refractivity contribution in [1.82, 2.24) is 0 Å². The van der Waals surface area contributed by atoms with Gasteiger partial charge in [-0.1, -0.05) is 54.6 Å². The fourth-order valence-electron chi connectivity index (χ4n) is 4.70. The monoisotopic (exact) mass is 550 g/mol. The minimum Gasteiger partial charge on any atom is -0.465 e. The highest BCUT2D eigenvalue weighted by Crippen LogP contribution is 2.63. The van der Waals surface area contributed by atoms with E-state index in [9.17, 15) is 52.7 Å². The average Bonchev–Trinajstić information content (AvgIpc) is 3.38. The second-order valence-corrected chi connectivity index (χ2v) is 10.6. The Hall–Kier alpha value is -2.51. The van der Waals surface area contributed by atoms with Crippen LogP contribution in [0.15, 0.2) is 48.6 Å². The average molecular weight is 550 g/mol. The summed E-state index contributed by atoms with van der Waals surface area (Å²) in [6.45, 7) is 0.521. The van der Waals surface area contributed by atoms with Crippen molar-refractivity contribution in [3.8, 4) is 0 Å². The summed E-state index contributed by atoms with van der Waals surface area (Å²) in [6.07, 6.45) is -3.12. The van der Waals surface area contributed by atoms with E-state index >= 15 is 0 Å². The fourth-order valence-corrected chi connectivity index (χ4v) is 7.06. The zero-order valence-corrected chi connectivity index (χ0v) is 19.1. The van der Waals surface area contributed by atoms with Gasteiger partial charge in [-0.15, -0.1) is 0 Å². The molecule has 2 aliphatic rings. The number of carbonyl (C=O) groups excluding carboxylic acids is 1. The molecule has 4 atom stereocenters. The van der Waals surface area contributed by atoms with Crippen LogP contribution >= 0.6 is 0 Å². The van der Waals surface area contributed by atoms with Crippen molar-refractivity contribution in [3.05, 3.63) is 54.1 Å². The van der Waals surface area contributed by atoms with Crippen LogP contribution in [0.5, 0.6) is 0 Å². The molecule has 0 unspecified atom stereocenters. The minimum atomic E-state index is -7.46. The lowest BCUT2D eigenvalue weighted by Gasteiger charge is -2.42. The lowest BCUT2D eigenvalue weighted by Crippen LogP contribution is -2.69. The van der Waals surface area contributed by atoms with Crippen molar-refractivity contribution in [2.24, 2.45) is 17.8 Å². The molecule has 1 fully saturated rings. The number of ether oxygens (including phenoxy) is 1. The van der Waals surface area contributed by atoms with Gasteiger partial charge in [-0.2, -0.15) is 39.5 Å². The van der Waals surface area contributed by atoms with Crippen LogP contribution < -0.4 is 0 Å². The Kier molecular flexibility index (Phi) is 6.86. The van der Waals surface area contributed by atoms with E-state index < -0.39 is 68.2 Å². The van der Waals surface area contributed by atoms with Gasteiger partial charge in [0.1, 0.15) is 0 Å². The van der Waals surface area contributed by atoms with Gasteiger partial charge in [-0.3, -0.25) is 4.79 Å². The number of allylic oxidation sites excluding steroid dienone is 3. The Bertz CT molecular complexity index is 1160. The SMILES string of the molecule is CCOC(=O)[C@]1(S(=O)(=O)C(F)(F)C(F)(F)C(F)(F)C(F)(F)F)[C@H](/C=C/c2ccccc2)[C@@H]2C=C[C@H]1C2. The molecule has 0 radical (unpaired) electrons. The molecule has 2 aliphatic carbocycles. The molecule has 36 heavy (non-hydrogen) atoms. The van der Waals surface area contributed by atoms with Crippen LogP contribution in [0.4, 0.5) is 39.5 Å². The predicted molar refractivity (Wildman–Crippen MR) is 109 cm³/mol. The number of carbonyl (C=O) groups is 1. The summed E-state index contributed by atoms with van der Waals surface area (Å²) in [7, 11) is -7.15. The first-order valence-corrected chi connectivity index (χ1v) is 11.9. The number of hydrogen-bond acceptors (Lipinski definition) is 4. The second-order valence-electron chi connectivity index (χ2n) is 8.37. The fraction of sp³-hybridized carbons (Fsp3) is 0.500. The normalized spacial score (nSPS) is 27.1. The largest absolute Gasteiger partial charge is 0.465 e. The topological polar surface area (TPSA) is 60.4 Å². The first-order chi connectivity index (χ1) is 16.4. The Morgan fingerprint density at radius 3 is 2.11 bits per heavy atom. The highest BCUT2D eigenvalue weighted by molar-refractivity contribution is 7.94. The van der Waals surface area contributed by atoms with Crippen molar-refractivity contribution in [2.45, 2.75) is 41.4 Å². The molecule has 0 aliphatic heterocycles. The molecular weight excluding hydrogens is 531 g/mol. The van der Waals surface area contributed by atoms with Gasteiger partial charge < -0.3 is 4.74 Å². The summed E-state index contributed by atoms with van der Waals surface area (Å²) in [5.41, 5.74) is 0.375. The van der Waals surface area contributed by atoms with Crippen molar-refractivity contribution in [1.29, 1.82) is 0 Å². The number of esters is 1. The van der Waals surface area contributed by atoms with Crippen LogP contribution in [0.2, 0.25) is 0 Å². The first-order valence-electron chi connectivity index (χ1n) is 10.4. The third kappa shape index (κ3) is 3.66. The van der Waals surface area contributed by atoms with Gasteiger partial charge in [0.15, 0.2) is 4.75 Å². The standard InChI is InChI=1S/C22H19F9O4S/c1-2-35-17(32)18(36(33,34)22(30,31)20(25,26)19(23,24)21(27,28)29)15-10-9-14(12-15)16(18)11-8-13-6-4-3-5-7-13/h3-11,14-16H,2,12H2,1H3/b11-8+/t14-,15+,16-,18-/m1/s1. The summed E-state index contributed by atoms with van der Waals surface area (Å²) in [5.74, 6) is -21.5. The van der Waals surface area contributed by atoms with Crippen molar-refractivity contribution in [3.63, 3.8) is 0 Å². The van der Waals surface area contributed by atoms with E-state index in [4.69, 9.17) is 0 Å². The van der Waals surface area contributed by atoms with Gasteiger partial charge in [0.2, 0.25) is 9.84 Å². The van der Waals surface area contributed by atoms with Crippen LogP contribution in [-0.4, -0.2) is 49.0 Å². The molecule has 0 spiro atoms. The molecule has 0 heterocycles. The number of alkyl halides is 9. The molecule has 14 heteroatoms. The number of fused-ring (bicyclic) bond motifs is 2. The maximum Gasteiger partial charge on any atom is 0.460 e. The Morgan fingerprint density at radius 1 is 1.00 bits per heavy atom. The molecule has 3 rings (SSSR count). The predicted octanol–water partition coefficient (Wildman–Crippen LogP) is 5.66. The Morgan fingerprint density at radius 2 is 1.58 bits per heavy atom. The number of hydrogen-bond donors (Lipinski definition) is 0. The van der Waals surface area contributed by atoms with E-state index in [0.29, 0.717) is 5.56 Å². The molecule has 0 saturated heterocycles. The number of halogens is 9. The second kappa shape index (κ2) is 8.80. The van der Waals surface area contributed by atoms with E-state index in [0.717, 1.165) is 19.1 Å². The molecule has 0 N–H and O–H groups in total. The van der Waals surface area contributed by atoms with Gasteiger partial charge in [0, 0.05) is 11.8 Å². The Labute approximate surface area is 199 Å². The zero-order valence-electron chi connectivity index (χ0n) is 18.3. The van der Waals surface area contributed by atoms with Crippen molar-refractivity contribution >= 4 is 21.9 Å². The van der Waals surface area contributed by atoms with E-state index in [1.807, 2.05) is 0 Å². The number of benzene rings is 1. The summed E-state index contributed by atoms with van der Waals surface area (Å²) < 4.78 is 151. The van der Waals surface area contributed by atoms with Crippen LogP contribution in [0, 0.1) is 17.8 Å². The lowest BCUT2D eigenvalue weighted by molar-refractivity contribution is -0.382. The van der Waals surface area contributed by atoms with Crippen molar-refractivity contribution < 1.29 is 57.5 Å². The summed E-state index contributed by atoms with van der Waals surface area (Å²) >= 11 is 0. The lowest BCUT2D eigenvalue weighted by atomic mass is 9.81. The molecule has 1 saturated carbocycles. The van der Waals surface area contributed by atoms with Gasteiger partial charge in [-0.05, 0) is 24.8 Å². The molecule has 200 valence electrons. The van der Waals surface area contributed by atoms with Gasteiger partial charge in [0.25, 0.3) is 0 Å². The smallest absolute Gasteiger partial charge is 0.460 e. The molecule has 4 nitrogen and oxygen atoms in total. The Balaban J connectivity index is 2.27. The highest BCUT2D eigenvalue weighted by Gasteiger charge is 2.88. The van der Waals surface area contributed by atoms with E-state index in [-0.39, 0.29) is 6.42 Å². The molecule has 0 aromatic heterocycles. The minimum absolute atomic E-state index is 0.348.